The molecule has 3 nitrogen and oxygen atoms in total. The molecule has 1 amide bonds. The van der Waals surface area contributed by atoms with E-state index in [-0.39, 0.29) is 17.5 Å². The Morgan fingerprint density at radius 2 is 2.15 bits per heavy atom. The van der Waals surface area contributed by atoms with Crippen molar-refractivity contribution in [3.63, 3.8) is 0 Å². The number of nitrogens with one attached hydrogen (secondary N) is 1. The minimum Gasteiger partial charge on any atom is -0.341 e. The zero-order valence-electron chi connectivity index (χ0n) is 11.7. The maximum atomic E-state index is 13.9. The number of piperidine rings is 1. The predicted octanol–water partition coefficient (Wildman–Crippen LogP) is 2.63. The standard InChI is InChI=1S/C15H20F2N2O/c1-2-18-13(10-19-9-4-3-8-14(19)20)11-6-5-7-12(16)15(11)17/h5-7,13,18H,2-4,8-10H2,1H3. The third-order valence-electron chi connectivity index (χ3n) is 3.63. The molecule has 1 aromatic rings. The van der Waals surface area contributed by atoms with Crippen molar-refractivity contribution in [1.29, 1.82) is 0 Å². The second-order valence-electron chi connectivity index (χ2n) is 5.05. The van der Waals surface area contributed by atoms with Gasteiger partial charge in [-0.15, -0.1) is 0 Å². The number of nitrogens with zero attached hydrogens (tertiary/aromatic N) is 1. The number of carbonyl (C=O) groups excluding carboxylic acids is 1. The van der Waals surface area contributed by atoms with Crippen molar-refractivity contribution in [3.8, 4) is 0 Å². The Hall–Kier alpha value is -1.49. The van der Waals surface area contributed by atoms with Gasteiger partial charge in [0.15, 0.2) is 11.6 Å². The number of likely N-dealkylation sites (N-methyl/N-ethyl adjacent to an activating group) is 1. The van der Waals surface area contributed by atoms with E-state index in [1.807, 2.05) is 6.92 Å². The van der Waals surface area contributed by atoms with Gasteiger partial charge in [-0.1, -0.05) is 19.1 Å². The molecule has 2 rings (SSSR count). The van der Waals surface area contributed by atoms with Gasteiger partial charge in [-0.25, -0.2) is 8.78 Å². The molecule has 0 bridgehead atoms. The van der Waals surface area contributed by atoms with Crippen LogP contribution in [0.1, 0.15) is 37.8 Å². The molecule has 1 heterocycles. The maximum absolute atomic E-state index is 13.9. The summed E-state index contributed by atoms with van der Waals surface area (Å²) >= 11 is 0. The number of carbonyl (C=O) groups is 1. The second kappa shape index (κ2) is 6.79. The Morgan fingerprint density at radius 3 is 2.85 bits per heavy atom. The Labute approximate surface area is 118 Å². The van der Waals surface area contributed by atoms with Gasteiger partial charge in [0, 0.05) is 25.1 Å². The van der Waals surface area contributed by atoms with E-state index >= 15 is 0 Å². The van der Waals surface area contributed by atoms with Crippen molar-refractivity contribution in [2.75, 3.05) is 19.6 Å². The second-order valence-corrected chi connectivity index (χ2v) is 5.05. The van der Waals surface area contributed by atoms with Crippen molar-refractivity contribution in [1.82, 2.24) is 10.2 Å². The monoisotopic (exact) mass is 282 g/mol. The highest BCUT2D eigenvalue weighted by Crippen LogP contribution is 2.22. The van der Waals surface area contributed by atoms with Crippen LogP contribution in [0.15, 0.2) is 18.2 Å². The molecule has 5 heteroatoms. The van der Waals surface area contributed by atoms with E-state index < -0.39 is 11.6 Å². The molecule has 1 N–H and O–H groups in total. The molecular formula is C15H20F2N2O. The van der Waals surface area contributed by atoms with E-state index in [4.69, 9.17) is 0 Å². The molecule has 20 heavy (non-hydrogen) atoms. The number of amides is 1. The van der Waals surface area contributed by atoms with Crippen LogP contribution in [-0.2, 0) is 4.79 Å². The fraction of sp³-hybridized carbons (Fsp3) is 0.533. The third kappa shape index (κ3) is 3.33. The van der Waals surface area contributed by atoms with E-state index in [0.29, 0.717) is 26.1 Å². The van der Waals surface area contributed by atoms with Crippen LogP contribution in [0.4, 0.5) is 8.78 Å². The minimum absolute atomic E-state index is 0.0935. The first-order valence-corrected chi connectivity index (χ1v) is 7.08. The first-order chi connectivity index (χ1) is 9.63. The van der Waals surface area contributed by atoms with Crippen LogP contribution in [0.3, 0.4) is 0 Å². The summed E-state index contributed by atoms with van der Waals surface area (Å²) in [5, 5.41) is 3.13. The van der Waals surface area contributed by atoms with Crippen LogP contribution in [-0.4, -0.2) is 30.4 Å². The lowest BCUT2D eigenvalue weighted by molar-refractivity contribution is -0.133. The number of hydrogen-bond acceptors (Lipinski definition) is 2. The summed E-state index contributed by atoms with van der Waals surface area (Å²) in [7, 11) is 0. The molecule has 0 aromatic heterocycles. The van der Waals surface area contributed by atoms with Gasteiger partial charge in [-0.3, -0.25) is 4.79 Å². The topological polar surface area (TPSA) is 32.3 Å². The largest absolute Gasteiger partial charge is 0.341 e. The van der Waals surface area contributed by atoms with E-state index in [1.165, 1.54) is 6.07 Å². The van der Waals surface area contributed by atoms with E-state index in [1.54, 1.807) is 11.0 Å². The lowest BCUT2D eigenvalue weighted by atomic mass is 10.0. The summed E-state index contributed by atoms with van der Waals surface area (Å²) in [5.74, 6) is -1.59. The molecule has 1 aliphatic heterocycles. The van der Waals surface area contributed by atoms with E-state index in [9.17, 15) is 13.6 Å². The zero-order valence-corrected chi connectivity index (χ0v) is 11.7. The number of benzene rings is 1. The Bertz CT molecular complexity index is 479. The summed E-state index contributed by atoms with van der Waals surface area (Å²) in [4.78, 5) is 13.6. The van der Waals surface area contributed by atoms with Gasteiger partial charge in [0.2, 0.25) is 5.91 Å². The maximum Gasteiger partial charge on any atom is 0.222 e. The summed E-state index contributed by atoms with van der Waals surface area (Å²) < 4.78 is 27.3. The highest BCUT2D eigenvalue weighted by molar-refractivity contribution is 5.76. The normalized spacial score (nSPS) is 17.4. The lowest BCUT2D eigenvalue weighted by Gasteiger charge is -2.31. The Balaban J connectivity index is 2.17. The molecule has 1 saturated heterocycles. The lowest BCUT2D eigenvalue weighted by Crippen LogP contribution is -2.41. The van der Waals surface area contributed by atoms with Gasteiger partial charge in [0.1, 0.15) is 0 Å². The van der Waals surface area contributed by atoms with Crippen molar-refractivity contribution < 1.29 is 13.6 Å². The Kier molecular flexibility index (Phi) is 5.06. The van der Waals surface area contributed by atoms with Gasteiger partial charge in [-0.05, 0) is 25.5 Å². The number of halogens is 2. The van der Waals surface area contributed by atoms with Gasteiger partial charge in [0.05, 0.1) is 6.04 Å². The van der Waals surface area contributed by atoms with Crippen molar-refractivity contribution >= 4 is 5.91 Å². The summed E-state index contributed by atoms with van der Waals surface area (Å²) in [6.07, 6.45) is 2.43. The van der Waals surface area contributed by atoms with E-state index in [2.05, 4.69) is 5.32 Å². The van der Waals surface area contributed by atoms with Gasteiger partial charge >= 0.3 is 0 Å². The molecule has 110 valence electrons. The molecule has 1 fully saturated rings. The van der Waals surface area contributed by atoms with Gasteiger partial charge in [0.25, 0.3) is 0 Å². The molecule has 1 unspecified atom stereocenters. The molecule has 0 saturated carbocycles. The minimum atomic E-state index is -0.852. The fourth-order valence-electron chi connectivity index (χ4n) is 2.58. The van der Waals surface area contributed by atoms with Crippen molar-refractivity contribution in [3.05, 3.63) is 35.4 Å². The zero-order chi connectivity index (χ0) is 14.5. The molecule has 0 radical (unpaired) electrons. The first-order valence-electron chi connectivity index (χ1n) is 7.08. The van der Waals surface area contributed by atoms with Crippen LogP contribution >= 0.6 is 0 Å². The third-order valence-corrected chi connectivity index (χ3v) is 3.63. The molecule has 0 spiro atoms. The number of hydrogen-bond donors (Lipinski definition) is 1. The predicted molar refractivity (Wildman–Crippen MR) is 73.2 cm³/mol. The highest BCUT2D eigenvalue weighted by Gasteiger charge is 2.24. The quantitative estimate of drug-likeness (QED) is 0.900. The van der Waals surface area contributed by atoms with Crippen LogP contribution in [0.5, 0.6) is 0 Å². The van der Waals surface area contributed by atoms with Crippen LogP contribution < -0.4 is 5.32 Å². The fourth-order valence-corrected chi connectivity index (χ4v) is 2.58. The van der Waals surface area contributed by atoms with Crippen LogP contribution in [0, 0.1) is 11.6 Å². The number of rotatable bonds is 5. The molecule has 1 aliphatic rings. The van der Waals surface area contributed by atoms with Gasteiger partial charge in [-0.2, -0.15) is 0 Å². The summed E-state index contributed by atoms with van der Waals surface area (Å²) in [6, 6.07) is 3.79. The summed E-state index contributed by atoms with van der Waals surface area (Å²) in [5.41, 5.74) is 0.283. The average molecular weight is 282 g/mol. The van der Waals surface area contributed by atoms with E-state index in [0.717, 1.165) is 18.9 Å². The highest BCUT2D eigenvalue weighted by atomic mass is 19.2. The van der Waals surface area contributed by atoms with Crippen molar-refractivity contribution in [2.45, 2.75) is 32.2 Å². The molecular weight excluding hydrogens is 262 g/mol. The average Bonchev–Trinajstić information content (AvgIpc) is 2.44. The molecule has 1 aromatic carbocycles. The molecule has 1 atom stereocenters. The van der Waals surface area contributed by atoms with Gasteiger partial charge < -0.3 is 10.2 Å². The first kappa shape index (κ1) is 14.9. The molecule has 0 aliphatic carbocycles. The van der Waals surface area contributed by atoms with Crippen molar-refractivity contribution in [2.24, 2.45) is 0 Å². The van der Waals surface area contributed by atoms with Crippen LogP contribution in [0.2, 0.25) is 0 Å². The number of likely N-dealkylation sites (tertiary alicyclic amines) is 1. The summed E-state index contributed by atoms with van der Waals surface area (Å²) in [6.45, 7) is 3.61. The smallest absolute Gasteiger partial charge is 0.222 e. The van der Waals surface area contributed by atoms with Crippen LogP contribution in [0.25, 0.3) is 0 Å². The SMILES string of the molecule is CCNC(CN1CCCCC1=O)c1cccc(F)c1F. The Morgan fingerprint density at radius 1 is 1.35 bits per heavy atom.